The molecule has 4 rings (SSSR count). The molecule has 0 aliphatic rings. The minimum absolute atomic E-state index is 0.0608. The second-order valence-corrected chi connectivity index (χ2v) is 7.80. The van der Waals surface area contributed by atoms with Crippen molar-refractivity contribution in [1.29, 1.82) is 0 Å². The molecule has 0 aliphatic heterocycles. The van der Waals surface area contributed by atoms with Crippen LogP contribution in [0.25, 0.3) is 5.65 Å². The van der Waals surface area contributed by atoms with Crippen LogP contribution in [0.5, 0.6) is 0 Å². The van der Waals surface area contributed by atoms with Crippen molar-refractivity contribution in [2.45, 2.75) is 33.5 Å². The Kier molecular flexibility index (Phi) is 5.41. The van der Waals surface area contributed by atoms with Crippen LogP contribution in [0, 0.1) is 20.8 Å². The summed E-state index contributed by atoms with van der Waals surface area (Å²) in [5.74, 6) is -0.654. The summed E-state index contributed by atoms with van der Waals surface area (Å²) < 4.78 is 42.4. The highest BCUT2D eigenvalue weighted by molar-refractivity contribution is 6.30. The van der Waals surface area contributed by atoms with Crippen LogP contribution in [0.3, 0.4) is 0 Å². The molecule has 3 aromatic heterocycles. The SMILES string of the molecule is Cc1cc(C(F)(F)F)n2nc(C(=O)Nc3c(C)nn(Cc4ccc(Cl)cc4)c3C)cc2n1. The number of carbonyl (C=O) groups excluding carboxylic acids is 1. The summed E-state index contributed by atoms with van der Waals surface area (Å²) in [6.07, 6.45) is -4.64. The maximum atomic E-state index is 13.4. The molecule has 7 nitrogen and oxygen atoms in total. The summed E-state index contributed by atoms with van der Waals surface area (Å²) in [5, 5.41) is 11.6. The highest BCUT2D eigenvalue weighted by atomic mass is 35.5. The van der Waals surface area contributed by atoms with Gasteiger partial charge in [0.1, 0.15) is 5.69 Å². The van der Waals surface area contributed by atoms with E-state index in [4.69, 9.17) is 11.6 Å². The molecule has 3 heterocycles. The second kappa shape index (κ2) is 7.94. The molecule has 0 unspecified atom stereocenters. The number of halogens is 4. The fourth-order valence-electron chi connectivity index (χ4n) is 3.39. The lowest BCUT2D eigenvalue weighted by atomic mass is 10.2. The lowest BCUT2D eigenvalue weighted by Crippen LogP contribution is -2.16. The van der Waals surface area contributed by atoms with Gasteiger partial charge in [0.25, 0.3) is 5.91 Å². The predicted octanol–water partition coefficient (Wildman–Crippen LogP) is 4.82. The van der Waals surface area contributed by atoms with E-state index in [1.54, 1.807) is 30.7 Å². The van der Waals surface area contributed by atoms with Crippen LogP contribution >= 0.6 is 11.6 Å². The number of nitrogens with zero attached hydrogens (tertiary/aromatic N) is 5. The standard InChI is InChI=1S/C21H18ClF3N6O/c1-11-8-17(21(23,24)25)31-18(26-11)9-16(29-31)20(32)27-19-12(2)28-30(13(19)3)10-14-4-6-15(22)7-5-14/h4-9H,10H2,1-3H3,(H,27,32). The number of alkyl halides is 3. The van der Waals surface area contributed by atoms with Crippen molar-refractivity contribution in [2.24, 2.45) is 0 Å². The van der Waals surface area contributed by atoms with Gasteiger partial charge in [-0.25, -0.2) is 9.50 Å². The maximum absolute atomic E-state index is 13.4. The monoisotopic (exact) mass is 462 g/mol. The van der Waals surface area contributed by atoms with E-state index in [1.165, 1.54) is 13.0 Å². The number of carbonyl (C=O) groups is 1. The molecule has 0 saturated heterocycles. The average Bonchev–Trinajstić information content (AvgIpc) is 3.24. The number of anilines is 1. The Morgan fingerprint density at radius 3 is 2.44 bits per heavy atom. The van der Waals surface area contributed by atoms with Crippen molar-refractivity contribution < 1.29 is 18.0 Å². The third-order valence-corrected chi connectivity index (χ3v) is 5.20. The number of amides is 1. The minimum Gasteiger partial charge on any atom is -0.317 e. The molecule has 166 valence electrons. The molecule has 0 bridgehead atoms. The fraction of sp³-hybridized carbons (Fsp3) is 0.238. The van der Waals surface area contributed by atoms with Crippen LogP contribution in [-0.2, 0) is 12.7 Å². The summed E-state index contributed by atoms with van der Waals surface area (Å²) in [6.45, 7) is 5.44. The Hall–Kier alpha value is -3.40. The van der Waals surface area contributed by atoms with Crippen molar-refractivity contribution >= 4 is 28.8 Å². The molecular weight excluding hydrogens is 445 g/mol. The molecule has 0 fully saturated rings. The molecule has 32 heavy (non-hydrogen) atoms. The summed E-state index contributed by atoms with van der Waals surface area (Å²) >= 11 is 5.92. The van der Waals surface area contributed by atoms with E-state index >= 15 is 0 Å². The Labute approximate surface area is 185 Å². The van der Waals surface area contributed by atoms with Gasteiger partial charge in [0, 0.05) is 16.8 Å². The van der Waals surface area contributed by atoms with Crippen LogP contribution in [0.4, 0.5) is 18.9 Å². The topological polar surface area (TPSA) is 77.1 Å². The van der Waals surface area contributed by atoms with Crippen molar-refractivity contribution in [1.82, 2.24) is 24.4 Å². The number of hydrogen-bond acceptors (Lipinski definition) is 4. The molecule has 0 saturated carbocycles. The molecule has 0 spiro atoms. The lowest BCUT2D eigenvalue weighted by Gasteiger charge is -2.09. The first kappa shape index (κ1) is 21.8. The lowest BCUT2D eigenvalue weighted by molar-refractivity contribution is -0.142. The van der Waals surface area contributed by atoms with E-state index in [2.05, 4.69) is 20.5 Å². The maximum Gasteiger partial charge on any atom is 0.433 e. The molecule has 0 atom stereocenters. The van der Waals surface area contributed by atoms with Gasteiger partial charge in [-0.3, -0.25) is 9.48 Å². The number of aryl methyl sites for hydroxylation is 2. The molecule has 0 radical (unpaired) electrons. The Morgan fingerprint density at radius 1 is 1.09 bits per heavy atom. The first-order valence-corrected chi connectivity index (χ1v) is 9.95. The second-order valence-electron chi connectivity index (χ2n) is 7.36. The van der Waals surface area contributed by atoms with E-state index in [1.807, 2.05) is 12.1 Å². The van der Waals surface area contributed by atoms with Gasteiger partial charge >= 0.3 is 6.18 Å². The summed E-state index contributed by atoms with van der Waals surface area (Å²) in [5.41, 5.74) is 1.64. The van der Waals surface area contributed by atoms with Gasteiger partial charge in [-0.05, 0) is 44.5 Å². The molecule has 1 N–H and O–H groups in total. The Balaban J connectivity index is 1.62. The van der Waals surface area contributed by atoms with E-state index in [-0.39, 0.29) is 17.0 Å². The van der Waals surface area contributed by atoms with Gasteiger partial charge in [0.05, 0.1) is 23.6 Å². The van der Waals surface area contributed by atoms with Crippen LogP contribution in [0.1, 0.15) is 38.8 Å². The Bertz CT molecular complexity index is 1320. The highest BCUT2D eigenvalue weighted by Crippen LogP contribution is 2.30. The fourth-order valence-corrected chi connectivity index (χ4v) is 3.51. The smallest absolute Gasteiger partial charge is 0.317 e. The number of rotatable bonds is 4. The predicted molar refractivity (Wildman–Crippen MR) is 113 cm³/mol. The minimum atomic E-state index is -4.64. The number of hydrogen-bond donors (Lipinski definition) is 1. The largest absolute Gasteiger partial charge is 0.433 e. The van der Waals surface area contributed by atoms with E-state index in [0.717, 1.165) is 11.6 Å². The first-order valence-electron chi connectivity index (χ1n) is 9.57. The molecule has 11 heteroatoms. The van der Waals surface area contributed by atoms with Gasteiger partial charge < -0.3 is 5.32 Å². The van der Waals surface area contributed by atoms with Gasteiger partial charge in [-0.2, -0.15) is 23.4 Å². The first-order chi connectivity index (χ1) is 15.0. The average molecular weight is 463 g/mol. The van der Waals surface area contributed by atoms with Crippen molar-refractivity contribution in [3.05, 3.63) is 75.5 Å². The zero-order chi connectivity index (χ0) is 23.2. The zero-order valence-corrected chi connectivity index (χ0v) is 18.1. The number of benzene rings is 1. The third-order valence-electron chi connectivity index (χ3n) is 4.94. The van der Waals surface area contributed by atoms with Gasteiger partial charge in [0.15, 0.2) is 11.3 Å². The highest BCUT2D eigenvalue weighted by Gasteiger charge is 2.35. The van der Waals surface area contributed by atoms with E-state index in [0.29, 0.717) is 33.2 Å². The Morgan fingerprint density at radius 2 is 1.78 bits per heavy atom. The van der Waals surface area contributed by atoms with Crippen molar-refractivity contribution in [3.63, 3.8) is 0 Å². The van der Waals surface area contributed by atoms with Crippen molar-refractivity contribution in [2.75, 3.05) is 5.32 Å². The molecular formula is C21H18ClF3N6O. The van der Waals surface area contributed by atoms with Crippen LogP contribution in [-0.4, -0.2) is 30.3 Å². The van der Waals surface area contributed by atoms with E-state index < -0.39 is 17.8 Å². The summed E-state index contributed by atoms with van der Waals surface area (Å²) in [4.78, 5) is 16.8. The molecule has 1 amide bonds. The number of fused-ring (bicyclic) bond motifs is 1. The van der Waals surface area contributed by atoms with Crippen LogP contribution in [0.2, 0.25) is 5.02 Å². The van der Waals surface area contributed by atoms with Crippen LogP contribution in [0.15, 0.2) is 36.4 Å². The molecule has 1 aromatic carbocycles. The zero-order valence-electron chi connectivity index (χ0n) is 17.3. The quantitative estimate of drug-likeness (QED) is 0.471. The third kappa shape index (κ3) is 4.18. The van der Waals surface area contributed by atoms with Crippen LogP contribution < -0.4 is 5.32 Å². The van der Waals surface area contributed by atoms with E-state index in [9.17, 15) is 18.0 Å². The van der Waals surface area contributed by atoms with Crippen molar-refractivity contribution in [3.8, 4) is 0 Å². The number of aromatic nitrogens is 5. The normalized spacial score (nSPS) is 11.8. The summed E-state index contributed by atoms with van der Waals surface area (Å²) in [7, 11) is 0. The van der Waals surface area contributed by atoms with Gasteiger partial charge in [-0.15, -0.1) is 0 Å². The molecule has 4 aromatic rings. The summed E-state index contributed by atoms with van der Waals surface area (Å²) in [6, 6.07) is 9.41. The molecule has 0 aliphatic carbocycles. The van der Waals surface area contributed by atoms with Gasteiger partial charge in [0.2, 0.25) is 0 Å². The number of nitrogens with one attached hydrogen (secondary N) is 1. The van der Waals surface area contributed by atoms with Gasteiger partial charge in [-0.1, -0.05) is 23.7 Å².